The van der Waals surface area contributed by atoms with Crippen LogP contribution in [0.2, 0.25) is 0 Å². The molecule has 0 spiro atoms. The Morgan fingerprint density at radius 3 is 2.36 bits per heavy atom. The summed E-state index contributed by atoms with van der Waals surface area (Å²) < 4.78 is 7.88. The van der Waals surface area contributed by atoms with Crippen LogP contribution in [0, 0.1) is 0 Å². The first-order chi connectivity index (χ1) is 13.8. The lowest BCUT2D eigenvalue weighted by molar-refractivity contribution is 0.483. The van der Waals surface area contributed by atoms with Gasteiger partial charge in [0.1, 0.15) is 17.3 Å². The van der Waals surface area contributed by atoms with E-state index in [9.17, 15) is 0 Å². The van der Waals surface area contributed by atoms with Crippen LogP contribution in [-0.2, 0) is 0 Å². The van der Waals surface area contributed by atoms with Crippen molar-refractivity contribution in [3.63, 3.8) is 0 Å². The van der Waals surface area contributed by atoms with Crippen LogP contribution in [0.1, 0.15) is 37.3 Å². The van der Waals surface area contributed by atoms with Crippen molar-refractivity contribution in [1.29, 1.82) is 0 Å². The SMILES string of the molecule is Nc1nccc2c(C3CCCC3)nc(-c3ccc(Oc4ccccc4)cc3)n12. The zero-order valence-corrected chi connectivity index (χ0v) is 15.6. The van der Waals surface area contributed by atoms with E-state index in [0.717, 1.165) is 34.1 Å². The molecule has 1 aliphatic carbocycles. The number of nitrogens with zero attached hydrogens (tertiary/aromatic N) is 3. The summed E-state index contributed by atoms with van der Waals surface area (Å²) in [5, 5.41) is 0. The molecule has 0 amide bonds. The number of hydrogen-bond acceptors (Lipinski definition) is 4. The summed E-state index contributed by atoms with van der Waals surface area (Å²) in [7, 11) is 0. The minimum Gasteiger partial charge on any atom is -0.457 e. The summed E-state index contributed by atoms with van der Waals surface area (Å²) in [5.41, 5.74) is 9.44. The highest BCUT2D eigenvalue weighted by molar-refractivity contribution is 5.69. The number of rotatable bonds is 4. The highest BCUT2D eigenvalue weighted by atomic mass is 16.5. The number of nitrogens with two attached hydrogens (primary N) is 1. The van der Waals surface area contributed by atoms with Gasteiger partial charge in [-0.25, -0.2) is 9.97 Å². The maximum Gasteiger partial charge on any atom is 0.206 e. The van der Waals surface area contributed by atoms with Crippen molar-refractivity contribution in [2.24, 2.45) is 0 Å². The lowest BCUT2D eigenvalue weighted by Crippen LogP contribution is -2.01. The molecule has 0 radical (unpaired) electrons. The van der Waals surface area contributed by atoms with Gasteiger partial charge in [-0.1, -0.05) is 31.0 Å². The summed E-state index contributed by atoms with van der Waals surface area (Å²) in [4.78, 5) is 9.30. The van der Waals surface area contributed by atoms with E-state index in [1.807, 2.05) is 65.1 Å². The van der Waals surface area contributed by atoms with E-state index in [1.54, 1.807) is 6.20 Å². The smallest absolute Gasteiger partial charge is 0.206 e. The second kappa shape index (κ2) is 7.00. The van der Waals surface area contributed by atoms with Crippen LogP contribution in [0.4, 0.5) is 5.95 Å². The van der Waals surface area contributed by atoms with E-state index in [-0.39, 0.29) is 0 Å². The number of anilines is 1. The molecular weight excluding hydrogens is 348 g/mol. The Bertz CT molecular complexity index is 1100. The first-order valence-electron chi connectivity index (χ1n) is 9.76. The van der Waals surface area contributed by atoms with Crippen molar-refractivity contribution in [3.8, 4) is 22.9 Å². The van der Waals surface area contributed by atoms with Gasteiger partial charge < -0.3 is 10.5 Å². The molecule has 5 nitrogen and oxygen atoms in total. The average Bonchev–Trinajstić information content (AvgIpc) is 3.38. The second-order valence-electron chi connectivity index (χ2n) is 7.27. The van der Waals surface area contributed by atoms with Gasteiger partial charge in [-0.15, -0.1) is 0 Å². The number of benzene rings is 2. The topological polar surface area (TPSA) is 65.4 Å². The Kier molecular flexibility index (Phi) is 4.20. The normalized spacial score (nSPS) is 14.6. The fourth-order valence-electron chi connectivity index (χ4n) is 4.07. The van der Waals surface area contributed by atoms with Crippen molar-refractivity contribution in [3.05, 3.63) is 72.6 Å². The minimum atomic E-state index is 0.467. The van der Waals surface area contributed by atoms with Gasteiger partial charge in [-0.2, -0.15) is 0 Å². The van der Waals surface area contributed by atoms with Crippen LogP contribution in [-0.4, -0.2) is 14.4 Å². The molecule has 0 saturated heterocycles. The third-order valence-electron chi connectivity index (χ3n) is 5.44. The third kappa shape index (κ3) is 2.99. The van der Waals surface area contributed by atoms with E-state index in [0.29, 0.717) is 11.9 Å². The summed E-state index contributed by atoms with van der Waals surface area (Å²) in [6.07, 6.45) is 6.69. The first kappa shape index (κ1) is 16.8. The van der Waals surface area contributed by atoms with Crippen LogP contribution in [0.15, 0.2) is 66.9 Å². The number of para-hydroxylation sites is 1. The largest absolute Gasteiger partial charge is 0.457 e. The summed E-state index contributed by atoms with van der Waals surface area (Å²) in [6, 6.07) is 19.8. The van der Waals surface area contributed by atoms with Gasteiger partial charge >= 0.3 is 0 Å². The Balaban J connectivity index is 1.53. The number of nitrogen functional groups attached to an aromatic ring is 1. The maximum absolute atomic E-state index is 6.23. The van der Waals surface area contributed by atoms with Crippen LogP contribution in [0.25, 0.3) is 16.9 Å². The van der Waals surface area contributed by atoms with Crippen molar-refractivity contribution in [2.75, 3.05) is 5.73 Å². The van der Waals surface area contributed by atoms with Crippen molar-refractivity contribution in [1.82, 2.24) is 14.4 Å². The summed E-state index contributed by atoms with van der Waals surface area (Å²) in [6.45, 7) is 0. The van der Waals surface area contributed by atoms with Crippen molar-refractivity contribution in [2.45, 2.75) is 31.6 Å². The molecule has 0 aliphatic heterocycles. The van der Waals surface area contributed by atoms with Crippen molar-refractivity contribution >= 4 is 11.5 Å². The molecule has 2 N–H and O–H groups in total. The maximum atomic E-state index is 6.23. The Hall–Kier alpha value is -3.34. The quantitative estimate of drug-likeness (QED) is 0.520. The second-order valence-corrected chi connectivity index (χ2v) is 7.27. The summed E-state index contributed by atoms with van der Waals surface area (Å²) >= 11 is 0. The fourth-order valence-corrected chi connectivity index (χ4v) is 4.07. The highest BCUT2D eigenvalue weighted by Gasteiger charge is 2.24. The van der Waals surface area contributed by atoms with Crippen LogP contribution >= 0.6 is 0 Å². The van der Waals surface area contributed by atoms with E-state index < -0.39 is 0 Å². The van der Waals surface area contributed by atoms with Gasteiger partial charge in [0, 0.05) is 17.7 Å². The average molecular weight is 370 g/mol. The lowest BCUT2D eigenvalue weighted by atomic mass is 10.0. The van der Waals surface area contributed by atoms with Gasteiger partial charge in [0.2, 0.25) is 5.95 Å². The molecule has 2 aromatic carbocycles. The molecule has 4 aromatic rings. The van der Waals surface area contributed by atoms with E-state index in [4.69, 9.17) is 15.5 Å². The van der Waals surface area contributed by atoms with Crippen LogP contribution < -0.4 is 10.5 Å². The van der Waals surface area contributed by atoms with Crippen LogP contribution in [0.3, 0.4) is 0 Å². The zero-order valence-electron chi connectivity index (χ0n) is 15.6. The number of fused-ring (bicyclic) bond motifs is 1. The molecule has 1 aliphatic rings. The molecule has 1 fully saturated rings. The molecule has 2 aromatic heterocycles. The molecule has 5 rings (SSSR count). The molecular formula is C23H22N4O. The highest BCUT2D eigenvalue weighted by Crippen LogP contribution is 2.38. The number of hydrogen-bond donors (Lipinski definition) is 1. The number of imidazole rings is 1. The Labute approximate surface area is 163 Å². The first-order valence-corrected chi connectivity index (χ1v) is 9.76. The van der Waals surface area contributed by atoms with E-state index >= 15 is 0 Å². The third-order valence-corrected chi connectivity index (χ3v) is 5.44. The Morgan fingerprint density at radius 1 is 0.893 bits per heavy atom. The van der Waals surface area contributed by atoms with E-state index in [2.05, 4.69) is 4.98 Å². The number of aromatic nitrogens is 3. The lowest BCUT2D eigenvalue weighted by Gasteiger charge is -2.07. The van der Waals surface area contributed by atoms with Gasteiger partial charge in [0.05, 0.1) is 11.2 Å². The molecule has 28 heavy (non-hydrogen) atoms. The van der Waals surface area contributed by atoms with Gasteiger partial charge in [-0.3, -0.25) is 4.40 Å². The summed E-state index contributed by atoms with van der Waals surface area (Å²) in [5.74, 6) is 3.42. The molecule has 2 heterocycles. The fraction of sp³-hybridized carbons (Fsp3) is 0.217. The monoisotopic (exact) mass is 370 g/mol. The predicted octanol–water partition coefficient (Wildman–Crippen LogP) is 5.43. The minimum absolute atomic E-state index is 0.467. The molecule has 0 bridgehead atoms. The number of ether oxygens (including phenoxy) is 1. The van der Waals surface area contributed by atoms with Crippen LogP contribution in [0.5, 0.6) is 11.5 Å². The Morgan fingerprint density at radius 2 is 1.61 bits per heavy atom. The molecule has 140 valence electrons. The molecule has 0 unspecified atom stereocenters. The molecule has 5 heteroatoms. The van der Waals surface area contributed by atoms with Gasteiger partial charge in [0.25, 0.3) is 0 Å². The van der Waals surface area contributed by atoms with Gasteiger partial charge in [-0.05, 0) is 55.3 Å². The molecule has 0 atom stereocenters. The zero-order chi connectivity index (χ0) is 18.9. The molecule has 1 saturated carbocycles. The van der Waals surface area contributed by atoms with Crippen molar-refractivity contribution < 1.29 is 4.74 Å². The van der Waals surface area contributed by atoms with Gasteiger partial charge in [0.15, 0.2) is 0 Å². The van der Waals surface area contributed by atoms with E-state index in [1.165, 1.54) is 25.7 Å². The standard InChI is InChI=1S/C23H22N4O/c24-23-25-15-14-20-21(16-6-4-5-7-16)26-22(27(20)23)17-10-12-19(13-11-17)28-18-8-2-1-3-9-18/h1-3,8-16H,4-7H2,(H2,24,25). The predicted molar refractivity (Wildman–Crippen MR) is 111 cm³/mol.